The van der Waals surface area contributed by atoms with Crippen molar-refractivity contribution in [3.8, 4) is 17.1 Å². The first-order chi connectivity index (χ1) is 12.6. The lowest BCUT2D eigenvalue weighted by Crippen LogP contribution is -2.23. The van der Waals surface area contributed by atoms with E-state index in [0.29, 0.717) is 23.6 Å². The van der Waals surface area contributed by atoms with Gasteiger partial charge in [-0.15, -0.1) is 0 Å². The highest BCUT2D eigenvalue weighted by molar-refractivity contribution is 9.10. The van der Waals surface area contributed by atoms with Crippen molar-refractivity contribution in [1.29, 1.82) is 0 Å². The summed E-state index contributed by atoms with van der Waals surface area (Å²) in [6, 6.07) is 15.1. The second-order valence-electron chi connectivity index (χ2n) is 6.30. The Balaban J connectivity index is 1.45. The molecule has 3 aromatic rings. The summed E-state index contributed by atoms with van der Waals surface area (Å²) in [6.45, 7) is 2.36. The average Bonchev–Trinajstić information content (AvgIpc) is 3.24. The topological polar surface area (TPSA) is 64.4 Å². The summed E-state index contributed by atoms with van der Waals surface area (Å²) in [6.07, 6.45) is 1.10. The van der Waals surface area contributed by atoms with Crippen molar-refractivity contribution >= 4 is 21.8 Å². The van der Waals surface area contributed by atoms with E-state index < -0.39 is 0 Å². The molecular formula is C20H17BrN2O3. The average molecular weight is 413 g/mol. The number of carbonyl (C=O) groups excluding carboxylic acids is 1. The molecule has 1 atom stereocenters. The molecule has 5 nitrogen and oxygen atoms in total. The van der Waals surface area contributed by atoms with E-state index in [-0.39, 0.29) is 12.0 Å². The number of rotatable bonds is 4. The van der Waals surface area contributed by atoms with Gasteiger partial charge >= 0.3 is 0 Å². The molecule has 0 saturated heterocycles. The highest BCUT2D eigenvalue weighted by atomic mass is 79.9. The first-order valence-corrected chi connectivity index (χ1v) is 9.18. The van der Waals surface area contributed by atoms with Crippen molar-refractivity contribution < 1.29 is 14.1 Å². The second-order valence-corrected chi connectivity index (χ2v) is 7.15. The minimum Gasteiger partial charge on any atom is -0.490 e. The number of benzene rings is 2. The molecule has 1 aromatic heterocycles. The standard InChI is InChI=1S/C20H17BrN2O3/c1-12-8-14-9-13(6-7-18(14)25-12)19-10-15(23-26-19)11-22-20(24)16-4-2-3-5-17(16)21/h2-7,9-10,12H,8,11H2,1H3,(H,22,24). The quantitative estimate of drug-likeness (QED) is 0.691. The van der Waals surface area contributed by atoms with E-state index in [9.17, 15) is 4.79 Å². The van der Waals surface area contributed by atoms with Gasteiger partial charge in [-0.25, -0.2) is 0 Å². The Morgan fingerprint density at radius 3 is 2.96 bits per heavy atom. The number of hydrogen-bond donors (Lipinski definition) is 1. The highest BCUT2D eigenvalue weighted by Gasteiger charge is 2.20. The Morgan fingerprint density at radius 2 is 2.12 bits per heavy atom. The van der Waals surface area contributed by atoms with Crippen LogP contribution in [0.2, 0.25) is 0 Å². The van der Waals surface area contributed by atoms with Crippen LogP contribution < -0.4 is 10.1 Å². The molecule has 1 N–H and O–H groups in total. The van der Waals surface area contributed by atoms with Crippen molar-refractivity contribution in [1.82, 2.24) is 10.5 Å². The van der Waals surface area contributed by atoms with E-state index in [1.165, 1.54) is 5.56 Å². The molecule has 0 spiro atoms. The van der Waals surface area contributed by atoms with Crippen molar-refractivity contribution in [3.63, 3.8) is 0 Å². The maximum Gasteiger partial charge on any atom is 0.252 e. The van der Waals surface area contributed by atoms with E-state index in [2.05, 4.69) is 39.4 Å². The fourth-order valence-electron chi connectivity index (χ4n) is 3.02. The minimum absolute atomic E-state index is 0.161. The molecule has 0 bridgehead atoms. The number of ether oxygens (including phenoxy) is 1. The molecule has 6 heteroatoms. The van der Waals surface area contributed by atoms with Gasteiger partial charge in [-0.3, -0.25) is 4.79 Å². The molecule has 26 heavy (non-hydrogen) atoms. The van der Waals surface area contributed by atoms with E-state index in [1.807, 2.05) is 36.4 Å². The summed E-state index contributed by atoms with van der Waals surface area (Å²) in [5.74, 6) is 1.45. The Hall–Kier alpha value is -2.60. The Morgan fingerprint density at radius 1 is 1.27 bits per heavy atom. The lowest BCUT2D eigenvalue weighted by molar-refractivity contribution is 0.0949. The molecule has 4 rings (SSSR count). The van der Waals surface area contributed by atoms with Crippen LogP contribution in [0.25, 0.3) is 11.3 Å². The summed E-state index contributed by atoms with van der Waals surface area (Å²) in [5, 5.41) is 6.91. The van der Waals surface area contributed by atoms with Crippen LogP contribution in [0.3, 0.4) is 0 Å². The molecule has 0 saturated carbocycles. The second kappa shape index (κ2) is 6.96. The Kier molecular flexibility index (Phi) is 4.51. The smallest absolute Gasteiger partial charge is 0.252 e. The van der Waals surface area contributed by atoms with E-state index >= 15 is 0 Å². The lowest BCUT2D eigenvalue weighted by atomic mass is 10.1. The molecule has 0 aliphatic carbocycles. The van der Waals surface area contributed by atoms with E-state index in [1.54, 1.807) is 6.07 Å². The largest absolute Gasteiger partial charge is 0.490 e. The number of nitrogens with one attached hydrogen (secondary N) is 1. The van der Waals surface area contributed by atoms with Crippen LogP contribution in [0, 0.1) is 0 Å². The summed E-state index contributed by atoms with van der Waals surface area (Å²) in [5.41, 5.74) is 3.39. The number of nitrogens with zero attached hydrogens (tertiary/aromatic N) is 1. The van der Waals surface area contributed by atoms with Gasteiger partial charge in [-0.05, 0) is 58.7 Å². The van der Waals surface area contributed by atoms with Crippen LogP contribution >= 0.6 is 15.9 Å². The van der Waals surface area contributed by atoms with Crippen LogP contribution in [-0.2, 0) is 13.0 Å². The zero-order valence-corrected chi connectivity index (χ0v) is 15.7. The SMILES string of the molecule is CC1Cc2cc(-c3cc(CNC(=O)c4ccccc4Br)no3)ccc2O1. The molecule has 132 valence electrons. The Labute approximate surface area is 159 Å². The summed E-state index contributed by atoms with van der Waals surface area (Å²) in [7, 11) is 0. The van der Waals surface area contributed by atoms with Crippen LogP contribution in [-0.4, -0.2) is 17.2 Å². The van der Waals surface area contributed by atoms with Crippen LogP contribution in [0.15, 0.2) is 57.5 Å². The maximum atomic E-state index is 12.3. The van der Waals surface area contributed by atoms with Crippen molar-refractivity contribution in [2.45, 2.75) is 26.0 Å². The highest BCUT2D eigenvalue weighted by Crippen LogP contribution is 2.33. The molecule has 2 aromatic carbocycles. The number of fused-ring (bicyclic) bond motifs is 1. The number of halogens is 1. The fourth-order valence-corrected chi connectivity index (χ4v) is 3.48. The van der Waals surface area contributed by atoms with Crippen LogP contribution in [0.5, 0.6) is 5.75 Å². The third kappa shape index (κ3) is 3.37. The van der Waals surface area contributed by atoms with Crippen LogP contribution in [0.1, 0.15) is 28.5 Å². The van der Waals surface area contributed by atoms with Crippen molar-refractivity contribution in [2.24, 2.45) is 0 Å². The fraction of sp³-hybridized carbons (Fsp3) is 0.200. The molecular weight excluding hydrogens is 396 g/mol. The predicted octanol–water partition coefficient (Wildman–Crippen LogP) is 4.36. The van der Waals surface area contributed by atoms with Gasteiger partial charge in [-0.2, -0.15) is 0 Å². The number of aromatic nitrogens is 1. The third-order valence-corrected chi connectivity index (χ3v) is 4.98. The minimum atomic E-state index is -0.161. The van der Waals surface area contributed by atoms with Crippen molar-refractivity contribution in [2.75, 3.05) is 0 Å². The molecule has 1 amide bonds. The monoisotopic (exact) mass is 412 g/mol. The lowest BCUT2D eigenvalue weighted by Gasteiger charge is -2.04. The zero-order valence-electron chi connectivity index (χ0n) is 14.2. The summed E-state index contributed by atoms with van der Waals surface area (Å²) in [4.78, 5) is 12.3. The van der Waals surface area contributed by atoms with Gasteiger partial charge in [0.1, 0.15) is 17.5 Å². The molecule has 2 heterocycles. The van der Waals surface area contributed by atoms with Gasteiger partial charge in [0.15, 0.2) is 5.76 Å². The molecule has 1 unspecified atom stereocenters. The molecule has 0 fully saturated rings. The molecule has 0 radical (unpaired) electrons. The van der Waals surface area contributed by atoms with Gasteiger partial charge in [-0.1, -0.05) is 17.3 Å². The third-order valence-electron chi connectivity index (χ3n) is 4.29. The zero-order chi connectivity index (χ0) is 18.1. The van der Waals surface area contributed by atoms with Crippen molar-refractivity contribution in [3.05, 3.63) is 69.8 Å². The van der Waals surface area contributed by atoms with Crippen LogP contribution in [0.4, 0.5) is 0 Å². The molecule has 1 aliphatic rings. The maximum absolute atomic E-state index is 12.3. The number of amides is 1. The van der Waals surface area contributed by atoms with Gasteiger partial charge in [0.05, 0.1) is 12.1 Å². The number of hydrogen-bond acceptors (Lipinski definition) is 4. The molecule has 1 aliphatic heterocycles. The summed E-state index contributed by atoms with van der Waals surface area (Å²) < 4.78 is 11.9. The van der Waals surface area contributed by atoms with Gasteiger partial charge in [0.2, 0.25) is 0 Å². The first-order valence-electron chi connectivity index (χ1n) is 8.38. The predicted molar refractivity (Wildman–Crippen MR) is 101 cm³/mol. The summed E-state index contributed by atoms with van der Waals surface area (Å²) >= 11 is 3.38. The van der Waals surface area contributed by atoms with E-state index in [0.717, 1.165) is 22.2 Å². The van der Waals surface area contributed by atoms with Gasteiger partial charge in [0.25, 0.3) is 5.91 Å². The van der Waals surface area contributed by atoms with Gasteiger partial charge in [0, 0.05) is 22.5 Å². The van der Waals surface area contributed by atoms with Gasteiger partial charge < -0.3 is 14.6 Å². The first kappa shape index (κ1) is 16.8. The van der Waals surface area contributed by atoms with E-state index in [4.69, 9.17) is 9.26 Å². The number of carbonyl (C=O) groups is 1. The normalized spacial score (nSPS) is 15.4. The Bertz CT molecular complexity index is 967.